The molecule has 0 aliphatic heterocycles. The molecule has 13 nitrogen and oxygen atoms in total. The third-order valence-corrected chi connectivity index (χ3v) is 10.6. The minimum absolute atomic E-state index is 0.311. The fourth-order valence-corrected chi connectivity index (χ4v) is 6.75. The lowest BCUT2D eigenvalue weighted by Crippen LogP contribution is -2.33. The van der Waals surface area contributed by atoms with Gasteiger partial charge in [-0.25, -0.2) is 29.5 Å². The first-order valence-corrected chi connectivity index (χ1v) is 21.6. The Hall–Kier alpha value is -7.92. The van der Waals surface area contributed by atoms with Crippen molar-refractivity contribution >= 4 is 45.8 Å². The summed E-state index contributed by atoms with van der Waals surface area (Å²) in [5, 5.41) is 6.19. The normalized spacial score (nSPS) is 12.2. The first-order chi connectivity index (χ1) is 31.8. The van der Waals surface area contributed by atoms with Crippen LogP contribution < -0.4 is 14.8 Å². The maximum Gasteiger partial charge on any atom is 0.534 e. The van der Waals surface area contributed by atoms with Gasteiger partial charge in [-0.2, -0.15) is 21.6 Å². The molecule has 0 saturated heterocycles. The molecule has 17 heteroatoms. The number of aromatic nitrogens is 4. The van der Waals surface area contributed by atoms with Crippen LogP contribution in [0, 0.1) is 0 Å². The Balaban J connectivity index is 0.000000218. The summed E-state index contributed by atoms with van der Waals surface area (Å²) in [6.07, 6.45) is 7.74. The predicted octanol–water partition coefficient (Wildman–Crippen LogP) is 9.08. The molecule has 0 radical (unpaired) electrons. The van der Waals surface area contributed by atoms with Gasteiger partial charge < -0.3 is 24.3 Å². The average Bonchev–Trinajstić information content (AvgIpc) is 3.34. The summed E-state index contributed by atoms with van der Waals surface area (Å²) in [6, 6.07) is 44.4. The van der Waals surface area contributed by atoms with Crippen LogP contribution >= 0.6 is 0 Å². The van der Waals surface area contributed by atoms with Gasteiger partial charge in [0.05, 0.1) is 25.6 Å². The van der Waals surface area contributed by atoms with Crippen molar-refractivity contribution in [3.63, 3.8) is 0 Å². The average molecular weight is 917 g/mol. The topological polar surface area (TPSA) is 172 Å². The zero-order chi connectivity index (χ0) is 46.9. The number of nitrogens with zero attached hydrogens (tertiary/aromatic N) is 4. The molecule has 0 aliphatic rings. The van der Waals surface area contributed by atoms with Crippen molar-refractivity contribution in [1.82, 2.24) is 19.9 Å². The number of halogens is 3. The van der Waals surface area contributed by atoms with E-state index in [4.69, 9.17) is 9.47 Å². The number of benzene rings is 5. The zero-order valence-electron chi connectivity index (χ0n) is 35.5. The lowest BCUT2D eigenvalue weighted by Gasteiger charge is -2.17. The van der Waals surface area contributed by atoms with E-state index in [9.17, 15) is 31.2 Å². The maximum atomic E-state index is 12.5. The third-order valence-electron chi connectivity index (χ3n) is 9.63. The van der Waals surface area contributed by atoms with E-state index in [1.54, 1.807) is 0 Å². The molecule has 2 N–H and O–H groups in total. The van der Waals surface area contributed by atoms with E-state index in [1.165, 1.54) is 45.1 Å². The van der Waals surface area contributed by atoms with Crippen molar-refractivity contribution in [2.24, 2.45) is 0 Å². The smallest absolute Gasteiger partial charge is 0.467 e. The Morgan fingerprint density at radius 1 is 0.576 bits per heavy atom. The molecule has 2 atom stereocenters. The Morgan fingerprint density at radius 2 is 0.970 bits per heavy atom. The van der Waals surface area contributed by atoms with E-state index >= 15 is 0 Å². The highest BCUT2D eigenvalue weighted by atomic mass is 32.2. The van der Waals surface area contributed by atoms with Crippen LogP contribution in [0.2, 0.25) is 0 Å². The minimum Gasteiger partial charge on any atom is -0.467 e. The van der Waals surface area contributed by atoms with Gasteiger partial charge in [-0.1, -0.05) is 127 Å². The van der Waals surface area contributed by atoms with Gasteiger partial charge in [-0.05, 0) is 46.5 Å². The monoisotopic (exact) mass is 916 g/mol. The molecule has 7 aromatic rings. The molecule has 7 rings (SSSR count). The predicted molar refractivity (Wildman–Crippen MR) is 245 cm³/mol. The zero-order valence-corrected chi connectivity index (χ0v) is 36.3. The van der Waals surface area contributed by atoms with Crippen molar-refractivity contribution in [1.29, 1.82) is 0 Å². The largest absolute Gasteiger partial charge is 0.534 e. The number of nitrogens with one attached hydrogen (secondary N) is 2. The van der Waals surface area contributed by atoms with Crippen molar-refractivity contribution in [3.05, 3.63) is 187 Å². The fraction of sp³-hybridized carbons (Fsp3) is 0.143. The standard InChI is InChI=1S/C28H25N3O2.C21H18F3N3O5S/c1-33-28(32)26(18-23-10-6-3-7-11-23)31-27-19-25(29-20-30-27)24-16-14-22(15-17-24)13-12-21-8-4-2-5-9-21;1-31-20(28)18(11-14-5-3-2-4-6-14)27-19-12-17(25-13-26-19)15-7-9-16(10-8-15)32-33(29,30)21(22,23)24/h2-17,19-20,26H,18H2,1H3,(H,29,30,31);2-10,12-13,18H,11H2,1H3,(H,25,26,27)/b13-12+;. The van der Waals surface area contributed by atoms with Crippen LogP contribution in [0.4, 0.5) is 24.8 Å². The lowest BCUT2D eigenvalue weighted by atomic mass is 10.1. The van der Waals surface area contributed by atoms with Gasteiger partial charge >= 0.3 is 27.6 Å². The molecular formula is C49H43F3N6O7S. The van der Waals surface area contributed by atoms with E-state index in [1.807, 2.05) is 97.1 Å². The van der Waals surface area contributed by atoms with Crippen LogP contribution in [-0.4, -0.2) is 72.1 Å². The Morgan fingerprint density at radius 3 is 1.38 bits per heavy atom. The Bertz CT molecular complexity index is 2800. The van der Waals surface area contributed by atoms with Gasteiger partial charge in [-0.15, -0.1) is 0 Å². The molecule has 0 amide bonds. The summed E-state index contributed by atoms with van der Waals surface area (Å²) in [6.45, 7) is 0. The fourth-order valence-electron chi connectivity index (χ4n) is 6.29. The number of rotatable bonds is 16. The van der Waals surface area contributed by atoms with Crippen molar-refractivity contribution < 1.29 is 44.8 Å². The number of hydrogen-bond acceptors (Lipinski definition) is 13. The first-order valence-electron chi connectivity index (χ1n) is 20.2. The van der Waals surface area contributed by atoms with Gasteiger partial charge in [0, 0.05) is 36.1 Å². The second-order valence-electron chi connectivity index (χ2n) is 14.3. The highest BCUT2D eigenvalue weighted by Crippen LogP contribution is 2.29. The van der Waals surface area contributed by atoms with Crippen molar-refractivity contribution in [3.8, 4) is 28.3 Å². The lowest BCUT2D eigenvalue weighted by molar-refractivity contribution is -0.142. The number of ether oxygens (including phenoxy) is 2. The summed E-state index contributed by atoms with van der Waals surface area (Å²) < 4.78 is 73.6. The molecule has 0 saturated carbocycles. The van der Waals surface area contributed by atoms with Crippen LogP contribution in [0.1, 0.15) is 22.3 Å². The molecule has 0 bridgehead atoms. The number of anilines is 2. The molecule has 0 spiro atoms. The molecule has 2 heterocycles. The van der Waals surface area contributed by atoms with Gasteiger partial charge in [-0.3, -0.25) is 0 Å². The summed E-state index contributed by atoms with van der Waals surface area (Å²) in [5.74, 6) is -0.456. The van der Waals surface area contributed by atoms with Crippen LogP contribution in [0.15, 0.2) is 164 Å². The quantitative estimate of drug-likeness (QED) is 0.0408. The van der Waals surface area contributed by atoms with Gasteiger partial charge in [0.15, 0.2) is 0 Å². The Labute approximate surface area is 379 Å². The molecule has 5 aromatic carbocycles. The maximum absolute atomic E-state index is 12.5. The Kier molecular flexibility index (Phi) is 16.3. The summed E-state index contributed by atoms with van der Waals surface area (Å²) in [7, 11) is -3.10. The third kappa shape index (κ3) is 13.8. The van der Waals surface area contributed by atoms with E-state index in [2.05, 4.69) is 71.2 Å². The van der Waals surface area contributed by atoms with E-state index in [0.29, 0.717) is 35.7 Å². The van der Waals surface area contributed by atoms with E-state index in [-0.39, 0.29) is 5.97 Å². The summed E-state index contributed by atoms with van der Waals surface area (Å²) >= 11 is 0. The highest BCUT2D eigenvalue weighted by molar-refractivity contribution is 7.88. The number of carbonyl (C=O) groups excluding carboxylic acids is 2. The van der Waals surface area contributed by atoms with E-state index in [0.717, 1.165) is 45.6 Å². The number of methoxy groups -OCH3 is 2. The number of carbonyl (C=O) groups is 2. The SMILES string of the molecule is COC(=O)C(Cc1ccccc1)Nc1cc(-c2ccc(/C=C/c3ccccc3)cc2)ncn1.COC(=O)C(Cc1ccccc1)Nc1cc(-c2ccc(OS(=O)(=O)C(F)(F)F)cc2)ncn1. The van der Waals surface area contributed by atoms with Crippen LogP contribution in [0.25, 0.3) is 34.7 Å². The van der Waals surface area contributed by atoms with Crippen LogP contribution in [0.5, 0.6) is 5.75 Å². The second-order valence-corrected chi connectivity index (χ2v) is 15.8. The number of hydrogen-bond donors (Lipinski definition) is 2. The van der Waals surface area contributed by atoms with Crippen LogP contribution in [-0.2, 0) is 42.0 Å². The molecule has 66 heavy (non-hydrogen) atoms. The van der Waals surface area contributed by atoms with Gasteiger partial charge in [0.25, 0.3) is 0 Å². The van der Waals surface area contributed by atoms with Gasteiger partial charge in [0.1, 0.15) is 42.1 Å². The summed E-state index contributed by atoms with van der Waals surface area (Å²) in [4.78, 5) is 41.5. The summed E-state index contributed by atoms with van der Waals surface area (Å²) in [5.41, 5.74) is 1.23. The minimum atomic E-state index is -5.76. The van der Waals surface area contributed by atoms with Crippen molar-refractivity contribution in [2.45, 2.75) is 30.4 Å². The molecule has 0 fully saturated rings. The van der Waals surface area contributed by atoms with E-state index < -0.39 is 39.4 Å². The molecular weight excluding hydrogens is 874 g/mol. The van der Waals surface area contributed by atoms with Crippen molar-refractivity contribution in [2.75, 3.05) is 24.9 Å². The first kappa shape index (κ1) is 47.6. The van der Waals surface area contributed by atoms with Gasteiger partial charge in [0.2, 0.25) is 0 Å². The second kappa shape index (κ2) is 22.6. The molecule has 2 aromatic heterocycles. The molecule has 0 aliphatic carbocycles. The van der Waals surface area contributed by atoms with Crippen LogP contribution in [0.3, 0.4) is 0 Å². The molecule has 338 valence electrons. The number of alkyl halides is 3. The molecule has 2 unspecified atom stereocenters. The number of esters is 2. The highest BCUT2D eigenvalue weighted by Gasteiger charge is 2.48.